The molecule has 24 heavy (non-hydrogen) atoms. The quantitative estimate of drug-likeness (QED) is 0.886. The van der Waals surface area contributed by atoms with Crippen LogP contribution >= 0.6 is 11.6 Å². The Morgan fingerprint density at radius 2 is 1.96 bits per heavy atom. The Bertz CT molecular complexity index is 744. The molecular formula is C17H14ClFO5. The Kier molecular flexibility index (Phi) is 4.99. The summed E-state index contributed by atoms with van der Waals surface area (Å²) >= 11 is 6.02. The van der Waals surface area contributed by atoms with Crippen LogP contribution in [0.3, 0.4) is 0 Å². The highest BCUT2D eigenvalue weighted by molar-refractivity contribution is 6.32. The van der Waals surface area contributed by atoms with E-state index in [1.54, 1.807) is 0 Å². The van der Waals surface area contributed by atoms with Gasteiger partial charge in [-0.1, -0.05) is 41.9 Å². The highest BCUT2D eigenvalue weighted by Crippen LogP contribution is 2.40. The van der Waals surface area contributed by atoms with Crippen LogP contribution in [0.4, 0.5) is 4.39 Å². The van der Waals surface area contributed by atoms with E-state index < -0.39 is 28.7 Å². The molecule has 1 aliphatic rings. The van der Waals surface area contributed by atoms with Crippen LogP contribution in [-0.2, 0) is 16.1 Å². The number of carboxylic acids is 1. The lowest BCUT2D eigenvalue weighted by Crippen LogP contribution is -2.10. The number of carbonyl (C=O) groups is 1. The van der Waals surface area contributed by atoms with Crippen molar-refractivity contribution in [1.82, 2.24) is 0 Å². The van der Waals surface area contributed by atoms with Gasteiger partial charge in [0.05, 0.1) is 24.3 Å². The summed E-state index contributed by atoms with van der Waals surface area (Å²) < 4.78 is 30.7. The maximum atomic E-state index is 14.2. The molecule has 0 aromatic heterocycles. The average Bonchev–Trinajstić information content (AvgIpc) is 3.11. The van der Waals surface area contributed by atoms with E-state index in [1.807, 2.05) is 30.3 Å². The van der Waals surface area contributed by atoms with Crippen LogP contribution in [0.15, 0.2) is 36.4 Å². The van der Waals surface area contributed by atoms with Crippen molar-refractivity contribution >= 4 is 17.6 Å². The van der Waals surface area contributed by atoms with E-state index >= 15 is 0 Å². The lowest BCUT2D eigenvalue weighted by Gasteiger charge is -2.18. The van der Waals surface area contributed by atoms with Gasteiger partial charge in [0.1, 0.15) is 17.4 Å². The molecule has 0 bridgehead atoms. The third-order valence-electron chi connectivity index (χ3n) is 3.52. The molecule has 0 amide bonds. The van der Waals surface area contributed by atoms with Crippen LogP contribution in [0.2, 0.25) is 5.02 Å². The molecule has 0 atom stereocenters. The van der Waals surface area contributed by atoms with Crippen molar-refractivity contribution in [3.63, 3.8) is 0 Å². The molecule has 1 N–H and O–H groups in total. The Hall–Kier alpha value is -2.15. The molecule has 0 aliphatic carbocycles. The van der Waals surface area contributed by atoms with Crippen molar-refractivity contribution in [2.75, 3.05) is 13.2 Å². The molecule has 1 heterocycles. The third-order valence-corrected chi connectivity index (χ3v) is 3.86. The van der Waals surface area contributed by atoms with E-state index in [-0.39, 0.29) is 17.9 Å². The number of halogens is 2. The number of aromatic carboxylic acids is 1. The zero-order valence-electron chi connectivity index (χ0n) is 12.5. The van der Waals surface area contributed by atoms with Crippen LogP contribution in [-0.4, -0.2) is 24.3 Å². The average molecular weight is 353 g/mol. The number of carboxylic acid groups (broad SMARTS) is 1. The van der Waals surface area contributed by atoms with Crippen LogP contribution in [0, 0.1) is 5.82 Å². The van der Waals surface area contributed by atoms with Gasteiger partial charge in [0.25, 0.3) is 0 Å². The van der Waals surface area contributed by atoms with E-state index in [2.05, 4.69) is 0 Å². The molecule has 7 heteroatoms. The molecule has 1 aliphatic heterocycles. The number of hydrogen-bond acceptors (Lipinski definition) is 4. The SMILES string of the molecule is O=C(O)c1cc(C2OCCO2)c(OCc2ccccc2)c(Cl)c1F. The van der Waals surface area contributed by atoms with Crippen LogP contribution in [0.25, 0.3) is 0 Å². The van der Waals surface area contributed by atoms with Crippen LogP contribution in [0.1, 0.15) is 27.8 Å². The Morgan fingerprint density at radius 3 is 2.58 bits per heavy atom. The van der Waals surface area contributed by atoms with Gasteiger partial charge in [-0.05, 0) is 11.6 Å². The van der Waals surface area contributed by atoms with Crippen molar-refractivity contribution in [2.45, 2.75) is 12.9 Å². The van der Waals surface area contributed by atoms with Gasteiger partial charge in [-0.3, -0.25) is 0 Å². The maximum Gasteiger partial charge on any atom is 0.338 e. The lowest BCUT2D eigenvalue weighted by atomic mass is 10.1. The molecule has 0 spiro atoms. The smallest absolute Gasteiger partial charge is 0.338 e. The van der Waals surface area contributed by atoms with Crippen molar-refractivity contribution in [3.05, 3.63) is 63.9 Å². The summed E-state index contributed by atoms with van der Waals surface area (Å²) in [7, 11) is 0. The van der Waals surface area contributed by atoms with Gasteiger partial charge < -0.3 is 19.3 Å². The van der Waals surface area contributed by atoms with E-state index in [9.17, 15) is 9.18 Å². The van der Waals surface area contributed by atoms with Crippen molar-refractivity contribution in [2.24, 2.45) is 0 Å². The first kappa shape index (κ1) is 16.7. The predicted octanol–water partition coefficient (Wildman–Crippen LogP) is 3.80. The lowest BCUT2D eigenvalue weighted by molar-refractivity contribution is -0.0459. The summed E-state index contributed by atoms with van der Waals surface area (Å²) in [6.45, 7) is 0.840. The van der Waals surface area contributed by atoms with Gasteiger partial charge in [0.15, 0.2) is 12.1 Å². The van der Waals surface area contributed by atoms with Gasteiger partial charge in [0, 0.05) is 0 Å². The van der Waals surface area contributed by atoms with Crippen LogP contribution in [0.5, 0.6) is 5.75 Å². The third kappa shape index (κ3) is 3.36. The second kappa shape index (κ2) is 7.17. The highest BCUT2D eigenvalue weighted by Gasteiger charge is 2.29. The van der Waals surface area contributed by atoms with Crippen molar-refractivity contribution < 1.29 is 28.5 Å². The fourth-order valence-electron chi connectivity index (χ4n) is 2.37. The minimum absolute atomic E-state index is 0.0231. The maximum absolute atomic E-state index is 14.2. The number of rotatable bonds is 5. The molecule has 126 valence electrons. The normalized spacial score (nSPS) is 14.8. The molecular weight excluding hydrogens is 339 g/mol. The highest BCUT2D eigenvalue weighted by atomic mass is 35.5. The first-order valence-corrected chi connectivity index (χ1v) is 7.61. The molecule has 2 aromatic carbocycles. The summed E-state index contributed by atoms with van der Waals surface area (Å²) in [5, 5.41) is 8.73. The molecule has 0 radical (unpaired) electrons. The van der Waals surface area contributed by atoms with E-state index in [4.69, 9.17) is 30.9 Å². The van der Waals surface area contributed by atoms with Gasteiger partial charge in [-0.25, -0.2) is 9.18 Å². The zero-order chi connectivity index (χ0) is 17.1. The van der Waals surface area contributed by atoms with E-state index in [0.717, 1.165) is 11.6 Å². The van der Waals surface area contributed by atoms with Gasteiger partial charge in [0.2, 0.25) is 0 Å². The second-order valence-corrected chi connectivity index (χ2v) is 5.50. The molecule has 0 saturated carbocycles. The first-order valence-electron chi connectivity index (χ1n) is 7.23. The zero-order valence-corrected chi connectivity index (χ0v) is 13.3. The Morgan fingerprint density at radius 1 is 1.29 bits per heavy atom. The van der Waals surface area contributed by atoms with E-state index in [1.165, 1.54) is 0 Å². The first-order chi connectivity index (χ1) is 11.6. The van der Waals surface area contributed by atoms with Crippen molar-refractivity contribution in [1.29, 1.82) is 0 Å². The molecule has 1 saturated heterocycles. The Labute approximate surface area is 142 Å². The fourth-order valence-corrected chi connectivity index (χ4v) is 2.64. The minimum Gasteiger partial charge on any atom is -0.487 e. The summed E-state index contributed by atoms with van der Waals surface area (Å²) in [4.78, 5) is 11.2. The minimum atomic E-state index is -1.43. The molecule has 1 fully saturated rings. The monoisotopic (exact) mass is 352 g/mol. The van der Waals surface area contributed by atoms with Crippen LogP contribution < -0.4 is 4.74 Å². The summed E-state index contributed by atoms with van der Waals surface area (Å²) in [5.74, 6) is -2.45. The number of ether oxygens (including phenoxy) is 3. The largest absolute Gasteiger partial charge is 0.487 e. The molecule has 0 unspecified atom stereocenters. The molecule has 2 aromatic rings. The molecule has 3 rings (SSSR count). The van der Waals surface area contributed by atoms with Gasteiger partial charge in [-0.15, -0.1) is 0 Å². The standard InChI is InChI=1S/C17H14ClFO5/c18-13-14(19)11(16(20)21)8-12(17-22-6-7-23-17)15(13)24-9-10-4-2-1-3-5-10/h1-5,8,17H,6-7,9H2,(H,20,21). The summed E-state index contributed by atoms with van der Waals surface area (Å²) in [6.07, 6.45) is -0.841. The topological polar surface area (TPSA) is 65.0 Å². The van der Waals surface area contributed by atoms with Gasteiger partial charge in [-0.2, -0.15) is 0 Å². The summed E-state index contributed by atoms with van der Waals surface area (Å²) in [6, 6.07) is 10.4. The van der Waals surface area contributed by atoms with Gasteiger partial charge >= 0.3 is 5.97 Å². The Balaban J connectivity index is 1.98. The van der Waals surface area contributed by atoms with Crippen molar-refractivity contribution in [3.8, 4) is 5.75 Å². The number of benzene rings is 2. The second-order valence-electron chi connectivity index (χ2n) is 5.12. The predicted molar refractivity (Wildman–Crippen MR) is 83.8 cm³/mol. The fraction of sp³-hybridized carbons (Fsp3) is 0.235. The number of hydrogen-bond donors (Lipinski definition) is 1. The summed E-state index contributed by atoms with van der Waals surface area (Å²) in [5.41, 5.74) is 0.559. The molecule has 5 nitrogen and oxygen atoms in total. The van der Waals surface area contributed by atoms with E-state index in [0.29, 0.717) is 13.2 Å².